The van der Waals surface area contributed by atoms with E-state index in [9.17, 15) is 9.18 Å². The van der Waals surface area contributed by atoms with Crippen LogP contribution in [0.5, 0.6) is 5.75 Å². The van der Waals surface area contributed by atoms with Gasteiger partial charge in [-0.25, -0.2) is 9.18 Å². The molecule has 2 aromatic rings. The second-order valence-electron chi connectivity index (χ2n) is 3.06. The lowest BCUT2D eigenvalue weighted by molar-refractivity contribution is 0.0691. The molecule has 0 aliphatic carbocycles. The molecule has 0 bridgehead atoms. The zero-order valence-electron chi connectivity index (χ0n) is 7.87. The van der Waals surface area contributed by atoms with E-state index in [1.807, 2.05) is 0 Å². The summed E-state index contributed by atoms with van der Waals surface area (Å²) in [4.78, 5) is 13.3. The summed E-state index contributed by atoms with van der Waals surface area (Å²) in [6.45, 7) is 0. The van der Waals surface area contributed by atoms with Gasteiger partial charge < -0.3 is 14.8 Å². The summed E-state index contributed by atoms with van der Waals surface area (Å²) in [6.07, 6.45) is 0. The maximum absolute atomic E-state index is 13.0. The van der Waals surface area contributed by atoms with Crippen LogP contribution < -0.4 is 4.74 Å². The Morgan fingerprint density at radius 2 is 2.20 bits per heavy atom. The molecule has 0 amide bonds. The Bertz CT molecular complexity index is 533. The number of rotatable bonds is 2. The fourth-order valence-electron chi connectivity index (χ4n) is 1.45. The van der Waals surface area contributed by atoms with Crippen molar-refractivity contribution in [1.82, 2.24) is 4.98 Å². The number of carbonyl (C=O) groups is 1. The minimum absolute atomic E-state index is 0.00824. The van der Waals surface area contributed by atoms with Gasteiger partial charge in [-0.3, -0.25) is 0 Å². The van der Waals surface area contributed by atoms with E-state index in [4.69, 9.17) is 9.84 Å². The summed E-state index contributed by atoms with van der Waals surface area (Å²) in [7, 11) is 1.40. The van der Waals surface area contributed by atoms with Gasteiger partial charge in [-0.15, -0.1) is 0 Å². The quantitative estimate of drug-likeness (QED) is 0.795. The fraction of sp³-hybridized carbons (Fsp3) is 0.100. The van der Waals surface area contributed by atoms with Crippen molar-refractivity contribution in [2.45, 2.75) is 0 Å². The molecule has 2 rings (SSSR count). The molecule has 0 saturated heterocycles. The minimum Gasteiger partial charge on any atom is -0.496 e. The van der Waals surface area contributed by atoms with Gasteiger partial charge in [0.2, 0.25) is 0 Å². The van der Waals surface area contributed by atoms with Crippen LogP contribution in [-0.4, -0.2) is 23.2 Å². The largest absolute Gasteiger partial charge is 0.496 e. The Morgan fingerprint density at radius 3 is 2.80 bits per heavy atom. The molecule has 0 radical (unpaired) electrons. The number of carboxylic acids is 1. The molecule has 0 atom stereocenters. The van der Waals surface area contributed by atoms with E-state index in [-0.39, 0.29) is 5.69 Å². The lowest BCUT2D eigenvalue weighted by Gasteiger charge is -2.00. The molecule has 0 spiro atoms. The van der Waals surface area contributed by atoms with Crippen molar-refractivity contribution in [2.75, 3.05) is 7.11 Å². The first-order valence-corrected chi connectivity index (χ1v) is 4.21. The first-order valence-electron chi connectivity index (χ1n) is 4.21. The van der Waals surface area contributed by atoms with Crippen LogP contribution in [0.1, 0.15) is 10.5 Å². The van der Waals surface area contributed by atoms with Crippen molar-refractivity contribution >= 4 is 16.9 Å². The molecule has 1 aromatic heterocycles. The third kappa shape index (κ3) is 1.52. The SMILES string of the molecule is COc1cc(F)cc2[nH]c(C(=O)O)cc12. The highest BCUT2D eigenvalue weighted by molar-refractivity contribution is 5.96. The lowest BCUT2D eigenvalue weighted by atomic mass is 10.2. The normalized spacial score (nSPS) is 10.5. The average Bonchev–Trinajstić information content (AvgIpc) is 2.59. The average molecular weight is 209 g/mol. The van der Waals surface area contributed by atoms with Gasteiger partial charge in [0.1, 0.15) is 17.3 Å². The fourth-order valence-corrected chi connectivity index (χ4v) is 1.45. The van der Waals surface area contributed by atoms with Crippen LogP contribution in [0.4, 0.5) is 4.39 Å². The van der Waals surface area contributed by atoms with Crippen LogP contribution in [0.25, 0.3) is 10.9 Å². The Labute approximate surface area is 84.3 Å². The van der Waals surface area contributed by atoms with Crippen molar-refractivity contribution in [1.29, 1.82) is 0 Å². The number of fused-ring (bicyclic) bond motifs is 1. The highest BCUT2D eigenvalue weighted by Crippen LogP contribution is 2.27. The number of aromatic carboxylic acids is 1. The van der Waals surface area contributed by atoms with Crippen LogP contribution in [0.3, 0.4) is 0 Å². The number of ether oxygens (including phenoxy) is 1. The first-order chi connectivity index (χ1) is 7.11. The molecular weight excluding hydrogens is 201 g/mol. The summed E-state index contributed by atoms with van der Waals surface area (Å²) in [5.74, 6) is -1.25. The summed E-state index contributed by atoms with van der Waals surface area (Å²) >= 11 is 0. The third-order valence-corrected chi connectivity index (χ3v) is 2.12. The number of hydrogen-bond donors (Lipinski definition) is 2. The Kier molecular flexibility index (Phi) is 2.07. The lowest BCUT2D eigenvalue weighted by Crippen LogP contribution is -1.94. The molecule has 0 unspecified atom stereocenters. The molecule has 1 heterocycles. The third-order valence-electron chi connectivity index (χ3n) is 2.12. The van der Waals surface area contributed by atoms with Crippen molar-refractivity contribution in [3.05, 3.63) is 29.7 Å². The van der Waals surface area contributed by atoms with Gasteiger partial charge in [0.05, 0.1) is 12.6 Å². The molecule has 78 valence electrons. The summed E-state index contributed by atoms with van der Waals surface area (Å²) in [5, 5.41) is 9.31. The predicted octanol–water partition coefficient (Wildman–Crippen LogP) is 2.01. The molecule has 4 nitrogen and oxygen atoms in total. The second kappa shape index (κ2) is 3.27. The number of nitrogens with one attached hydrogen (secondary N) is 1. The van der Waals surface area contributed by atoms with Gasteiger partial charge in [0, 0.05) is 11.5 Å². The number of aromatic nitrogens is 1. The molecule has 0 fully saturated rings. The molecule has 0 aliphatic heterocycles. The van der Waals surface area contributed by atoms with Crippen molar-refractivity contribution in [3.63, 3.8) is 0 Å². The van der Waals surface area contributed by atoms with Gasteiger partial charge in [0.15, 0.2) is 0 Å². The zero-order chi connectivity index (χ0) is 11.0. The van der Waals surface area contributed by atoms with E-state index in [1.54, 1.807) is 0 Å². The van der Waals surface area contributed by atoms with Gasteiger partial charge in [-0.05, 0) is 12.1 Å². The minimum atomic E-state index is -1.09. The zero-order valence-corrected chi connectivity index (χ0v) is 7.87. The van der Waals surface area contributed by atoms with E-state index in [2.05, 4.69) is 4.98 Å². The van der Waals surface area contributed by atoms with E-state index in [1.165, 1.54) is 25.3 Å². The van der Waals surface area contributed by atoms with Gasteiger partial charge >= 0.3 is 5.97 Å². The highest BCUT2D eigenvalue weighted by atomic mass is 19.1. The summed E-state index contributed by atoms with van der Waals surface area (Å²) < 4.78 is 18.0. The molecule has 5 heteroatoms. The second-order valence-corrected chi connectivity index (χ2v) is 3.06. The summed E-state index contributed by atoms with van der Waals surface area (Å²) in [6, 6.07) is 3.85. The van der Waals surface area contributed by atoms with Crippen LogP contribution in [0, 0.1) is 5.82 Å². The van der Waals surface area contributed by atoms with E-state index in [0.717, 1.165) is 0 Å². The topological polar surface area (TPSA) is 62.3 Å². The highest BCUT2D eigenvalue weighted by Gasteiger charge is 2.11. The molecule has 0 aliphatic rings. The van der Waals surface area contributed by atoms with Gasteiger partial charge in [-0.1, -0.05) is 0 Å². The monoisotopic (exact) mass is 209 g/mol. The van der Waals surface area contributed by atoms with E-state index >= 15 is 0 Å². The smallest absolute Gasteiger partial charge is 0.352 e. The van der Waals surface area contributed by atoms with E-state index in [0.29, 0.717) is 16.7 Å². The number of hydrogen-bond acceptors (Lipinski definition) is 2. The first kappa shape index (κ1) is 9.51. The Balaban J connectivity index is 2.74. The molecular formula is C10H8FNO3. The standard InChI is InChI=1S/C10H8FNO3/c1-15-9-3-5(11)2-7-6(9)4-8(12-7)10(13)14/h2-4,12H,1H3,(H,13,14). The van der Waals surface area contributed by atoms with Crippen molar-refractivity contribution in [3.8, 4) is 5.75 Å². The molecule has 2 N–H and O–H groups in total. The predicted molar refractivity (Wildman–Crippen MR) is 51.8 cm³/mol. The van der Waals surface area contributed by atoms with Crippen LogP contribution >= 0.6 is 0 Å². The number of methoxy groups -OCH3 is 1. The van der Waals surface area contributed by atoms with E-state index < -0.39 is 11.8 Å². The number of benzene rings is 1. The number of halogens is 1. The van der Waals surface area contributed by atoms with Gasteiger partial charge in [0.25, 0.3) is 0 Å². The Hall–Kier alpha value is -2.04. The summed E-state index contributed by atoms with van der Waals surface area (Å²) in [5.41, 5.74) is 0.415. The van der Waals surface area contributed by atoms with Crippen molar-refractivity contribution < 1.29 is 19.0 Å². The van der Waals surface area contributed by atoms with Crippen molar-refractivity contribution in [2.24, 2.45) is 0 Å². The maximum atomic E-state index is 13.0. The van der Waals surface area contributed by atoms with Gasteiger partial charge in [-0.2, -0.15) is 0 Å². The van der Waals surface area contributed by atoms with Crippen LogP contribution in [0.15, 0.2) is 18.2 Å². The molecule has 15 heavy (non-hydrogen) atoms. The number of carboxylic acid groups (broad SMARTS) is 1. The van der Waals surface area contributed by atoms with Crippen LogP contribution in [-0.2, 0) is 0 Å². The number of aromatic amines is 1. The Morgan fingerprint density at radius 1 is 1.47 bits per heavy atom. The molecule has 1 aromatic carbocycles. The maximum Gasteiger partial charge on any atom is 0.352 e. The molecule has 0 saturated carbocycles. The van der Waals surface area contributed by atoms with Crippen LogP contribution in [0.2, 0.25) is 0 Å². The number of H-pyrrole nitrogens is 1.